The molecule has 0 N–H and O–H groups in total. The number of pyridine rings is 1. The number of aryl methyl sites for hydroxylation is 1. The number of ketones is 1. The second-order valence-electron chi connectivity index (χ2n) is 5.86. The molecule has 116 valence electrons. The van der Waals surface area contributed by atoms with Gasteiger partial charge in [0, 0.05) is 22.7 Å². The summed E-state index contributed by atoms with van der Waals surface area (Å²) in [5.74, 6) is 0.0590. The van der Waals surface area contributed by atoms with E-state index in [2.05, 4.69) is 24.0 Å². The number of fused-ring (bicyclic) bond motifs is 1. The molecule has 0 aliphatic carbocycles. The van der Waals surface area contributed by atoms with E-state index >= 15 is 0 Å². The lowest BCUT2D eigenvalue weighted by atomic mass is 9.98. The van der Waals surface area contributed by atoms with Gasteiger partial charge in [0.25, 0.3) is 0 Å². The number of nitrogens with zero attached hydrogens (tertiary/aromatic N) is 1. The van der Waals surface area contributed by atoms with E-state index in [1.807, 2.05) is 36.4 Å². The van der Waals surface area contributed by atoms with E-state index in [0.29, 0.717) is 5.56 Å². The van der Waals surface area contributed by atoms with Gasteiger partial charge in [0.15, 0.2) is 5.78 Å². The van der Waals surface area contributed by atoms with Crippen molar-refractivity contribution in [2.75, 3.05) is 0 Å². The van der Waals surface area contributed by atoms with Gasteiger partial charge in [-0.1, -0.05) is 62.2 Å². The maximum absolute atomic E-state index is 12.8. The molecule has 0 amide bonds. The Balaban J connectivity index is 1.85. The third-order valence-electron chi connectivity index (χ3n) is 4.18. The quantitative estimate of drug-likeness (QED) is 0.463. The lowest BCUT2D eigenvalue weighted by molar-refractivity contribution is 0.104. The SMILES string of the molecule is CCCCCc1ccc(C(=O)c2ccnc3ccccc23)cc1. The van der Waals surface area contributed by atoms with Gasteiger partial charge >= 0.3 is 0 Å². The number of carbonyl (C=O) groups excluding carboxylic acids is 1. The maximum Gasteiger partial charge on any atom is 0.193 e. The first-order valence-electron chi connectivity index (χ1n) is 8.27. The summed E-state index contributed by atoms with van der Waals surface area (Å²) in [7, 11) is 0. The minimum atomic E-state index is 0.0590. The molecule has 2 nitrogen and oxygen atoms in total. The lowest BCUT2D eigenvalue weighted by Crippen LogP contribution is -2.03. The van der Waals surface area contributed by atoms with Gasteiger partial charge in [0.1, 0.15) is 0 Å². The van der Waals surface area contributed by atoms with Crippen molar-refractivity contribution in [2.24, 2.45) is 0 Å². The van der Waals surface area contributed by atoms with Crippen LogP contribution in [0.25, 0.3) is 10.9 Å². The zero-order valence-corrected chi connectivity index (χ0v) is 13.5. The smallest absolute Gasteiger partial charge is 0.193 e. The van der Waals surface area contributed by atoms with Crippen molar-refractivity contribution in [3.05, 3.63) is 77.5 Å². The van der Waals surface area contributed by atoms with Crippen LogP contribution in [0.3, 0.4) is 0 Å². The summed E-state index contributed by atoms with van der Waals surface area (Å²) in [4.78, 5) is 17.1. The zero-order valence-electron chi connectivity index (χ0n) is 13.5. The second-order valence-corrected chi connectivity index (χ2v) is 5.86. The van der Waals surface area contributed by atoms with E-state index in [1.54, 1.807) is 12.3 Å². The van der Waals surface area contributed by atoms with Crippen molar-refractivity contribution in [3.63, 3.8) is 0 Å². The molecule has 0 saturated carbocycles. The monoisotopic (exact) mass is 303 g/mol. The average molecular weight is 303 g/mol. The number of rotatable bonds is 6. The number of benzene rings is 2. The third-order valence-corrected chi connectivity index (χ3v) is 4.18. The summed E-state index contributed by atoms with van der Waals surface area (Å²) in [5.41, 5.74) is 3.61. The molecule has 0 aliphatic rings. The molecule has 1 aromatic heterocycles. The number of para-hydroxylation sites is 1. The maximum atomic E-state index is 12.8. The highest BCUT2D eigenvalue weighted by molar-refractivity contribution is 6.15. The van der Waals surface area contributed by atoms with Crippen molar-refractivity contribution in [2.45, 2.75) is 32.6 Å². The number of hydrogen-bond donors (Lipinski definition) is 0. The van der Waals surface area contributed by atoms with Crippen LogP contribution in [0.1, 0.15) is 47.7 Å². The van der Waals surface area contributed by atoms with Crippen molar-refractivity contribution in [1.29, 1.82) is 0 Å². The van der Waals surface area contributed by atoms with E-state index in [4.69, 9.17) is 0 Å². The number of unbranched alkanes of at least 4 members (excludes halogenated alkanes) is 2. The van der Waals surface area contributed by atoms with Gasteiger partial charge in [0.05, 0.1) is 5.52 Å². The van der Waals surface area contributed by atoms with Crippen molar-refractivity contribution in [3.8, 4) is 0 Å². The number of hydrogen-bond acceptors (Lipinski definition) is 2. The van der Waals surface area contributed by atoms with Crippen LogP contribution in [0.4, 0.5) is 0 Å². The minimum absolute atomic E-state index is 0.0590. The first-order chi connectivity index (χ1) is 11.3. The molecule has 3 aromatic rings. The van der Waals surface area contributed by atoms with Crippen LogP contribution >= 0.6 is 0 Å². The van der Waals surface area contributed by atoms with Crippen LogP contribution < -0.4 is 0 Å². The normalized spacial score (nSPS) is 10.8. The Morgan fingerprint density at radius 3 is 2.52 bits per heavy atom. The van der Waals surface area contributed by atoms with E-state index in [1.165, 1.54) is 24.8 Å². The van der Waals surface area contributed by atoms with Crippen LogP contribution in [0, 0.1) is 0 Å². The van der Waals surface area contributed by atoms with Gasteiger partial charge in [-0.2, -0.15) is 0 Å². The largest absolute Gasteiger partial charge is 0.289 e. The van der Waals surface area contributed by atoms with Crippen molar-refractivity contribution >= 4 is 16.7 Å². The Morgan fingerprint density at radius 2 is 1.74 bits per heavy atom. The molecule has 0 spiro atoms. The fourth-order valence-corrected chi connectivity index (χ4v) is 2.85. The highest BCUT2D eigenvalue weighted by Gasteiger charge is 2.12. The van der Waals surface area contributed by atoms with Crippen molar-refractivity contribution in [1.82, 2.24) is 4.98 Å². The summed E-state index contributed by atoms with van der Waals surface area (Å²) in [5, 5.41) is 0.909. The minimum Gasteiger partial charge on any atom is -0.289 e. The molecule has 0 radical (unpaired) electrons. The molecule has 3 rings (SSSR count). The molecule has 1 heterocycles. The molecular formula is C21H21NO. The third kappa shape index (κ3) is 3.48. The predicted octanol–water partition coefficient (Wildman–Crippen LogP) is 5.20. The Bertz CT molecular complexity index is 800. The second kappa shape index (κ2) is 7.19. The number of aromatic nitrogens is 1. The lowest BCUT2D eigenvalue weighted by Gasteiger charge is -2.06. The predicted molar refractivity (Wildman–Crippen MR) is 94.8 cm³/mol. The Morgan fingerprint density at radius 1 is 0.957 bits per heavy atom. The van der Waals surface area contributed by atoms with E-state index in [0.717, 1.165) is 22.9 Å². The highest BCUT2D eigenvalue weighted by Crippen LogP contribution is 2.20. The van der Waals surface area contributed by atoms with E-state index < -0.39 is 0 Å². The van der Waals surface area contributed by atoms with Crippen LogP contribution in [0.5, 0.6) is 0 Å². The summed E-state index contributed by atoms with van der Waals surface area (Å²) in [6, 6.07) is 17.6. The first kappa shape index (κ1) is 15.4. The molecular weight excluding hydrogens is 282 g/mol. The summed E-state index contributed by atoms with van der Waals surface area (Å²) < 4.78 is 0. The molecule has 0 aliphatic heterocycles. The molecule has 2 aromatic carbocycles. The molecule has 0 atom stereocenters. The number of carbonyl (C=O) groups is 1. The topological polar surface area (TPSA) is 30.0 Å². The van der Waals surface area contributed by atoms with Gasteiger partial charge < -0.3 is 0 Å². The molecule has 0 fully saturated rings. The fourth-order valence-electron chi connectivity index (χ4n) is 2.85. The van der Waals surface area contributed by atoms with Gasteiger partial charge in [-0.15, -0.1) is 0 Å². The highest BCUT2D eigenvalue weighted by atomic mass is 16.1. The zero-order chi connectivity index (χ0) is 16.1. The summed E-state index contributed by atoms with van der Waals surface area (Å²) in [6.45, 7) is 2.21. The van der Waals surface area contributed by atoms with E-state index in [9.17, 15) is 4.79 Å². The van der Waals surface area contributed by atoms with Crippen LogP contribution in [-0.2, 0) is 6.42 Å². The summed E-state index contributed by atoms with van der Waals surface area (Å²) in [6.07, 6.45) is 6.48. The van der Waals surface area contributed by atoms with E-state index in [-0.39, 0.29) is 5.78 Å². The van der Waals surface area contributed by atoms with Gasteiger partial charge in [-0.05, 0) is 30.5 Å². The molecule has 2 heteroatoms. The Hall–Kier alpha value is -2.48. The Kier molecular flexibility index (Phi) is 4.82. The summed E-state index contributed by atoms with van der Waals surface area (Å²) >= 11 is 0. The van der Waals surface area contributed by atoms with Gasteiger partial charge in [-0.3, -0.25) is 9.78 Å². The fraction of sp³-hybridized carbons (Fsp3) is 0.238. The molecule has 0 saturated heterocycles. The van der Waals surface area contributed by atoms with Gasteiger partial charge in [-0.25, -0.2) is 0 Å². The van der Waals surface area contributed by atoms with Crippen LogP contribution in [0.2, 0.25) is 0 Å². The van der Waals surface area contributed by atoms with Crippen LogP contribution in [-0.4, -0.2) is 10.8 Å². The Labute approximate surface area is 137 Å². The van der Waals surface area contributed by atoms with Crippen molar-refractivity contribution < 1.29 is 4.79 Å². The molecule has 0 bridgehead atoms. The molecule has 23 heavy (non-hydrogen) atoms. The first-order valence-corrected chi connectivity index (χ1v) is 8.27. The van der Waals surface area contributed by atoms with Gasteiger partial charge in [0.2, 0.25) is 0 Å². The molecule has 0 unspecified atom stereocenters. The van der Waals surface area contributed by atoms with Crippen LogP contribution in [0.15, 0.2) is 60.8 Å². The average Bonchev–Trinajstić information content (AvgIpc) is 2.61. The standard InChI is InChI=1S/C21H21NO/c1-2-3-4-7-16-10-12-17(13-11-16)21(23)19-14-15-22-20-9-6-5-8-18(19)20/h5-6,8-15H,2-4,7H2,1H3.